The number of rotatable bonds is 3. The largest absolute Gasteiger partial charge is 0.302 e. The van der Waals surface area contributed by atoms with Gasteiger partial charge in [-0.3, -0.25) is 0 Å². The predicted molar refractivity (Wildman–Crippen MR) is 46.9 cm³/mol. The third kappa shape index (κ3) is 2.37. The van der Waals surface area contributed by atoms with Crippen molar-refractivity contribution >= 4 is 0 Å². The van der Waals surface area contributed by atoms with E-state index in [4.69, 9.17) is 6.42 Å². The van der Waals surface area contributed by atoms with E-state index in [-0.39, 0.29) is 5.82 Å². The second-order valence-corrected chi connectivity index (χ2v) is 2.40. The molecule has 0 saturated carbocycles. The standard InChI is InChI=1S/C10H10FN/c1-2-7-12-8-9-5-3-4-6-10(9)11/h1,3-6,12H,7-8H2. The molecule has 0 bridgehead atoms. The number of benzene rings is 1. The maximum atomic E-state index is 12.9. The van der Waals surface area contributed by atoms with Gasteiger partial charge in [-0.25, -0.2) is 4.39 Å². The Morgan fingerprint density at radius 2 is 2.17 bits per heavy atom. The van der Waals surface area contributed by atoms with Crippen molar-refractivity contribution in [3.8, 4) is 12.3 Å². The summed E-state index contributed by atoms with van der Waals surface area (Å²) in [6.07, 6.45) is 5.02. The Balaban J connectivity index is 2.53. The van der Waals surface area contributed by atoms with Gasteiger partial charge in [-0.1, -0.05) is 24.1 Å². The van der Waals surface area contributed by atoms with Crippen molar-refractivity contribution in [1.29, 1.82) is 0 Å². The molecule has 0 amide bonds. The Kier molecular flexibility index (Phi) is 3.31. The Hall–Kier alpha value is -1.33. The maximum absolute atomic E-state index is 12.9. The van der Waals surface area contributed by atoms with E-state index in [2.05, 4.69) is 11.2 Å². The first-order valence-electron chi connectivity index (χ1n) is 3.72. The summed E-state index contributed by atoms with van der Waals surface area (Å²) < 4.78 is 12.9. The van der Waals surface area contributed by atoms with E-state index < -0.39 is 0 Å². The van der Waals surface area contributed by atoms with Crippen molar-refractivity contribution in [2.45, 2.75) is 6.54 Å². The smallest absolute Gasteiger partial charge is 0.127 e. The zero-order chi connectivity index (χ0) is 8.81. The predicted octanol–water partition coefficient (Wildman–Crippen LogP) is 1.55. The van der Waals surface area contributed by atoms with Crippen LogP contribution in [0.2, 0.25) is 0 Å². The molecule has 0 aromatic heterocycles. The first-order chi connectivity index (χ1) is 5.84. The van der Waals surface area contributed by atoms with Gasteiger partial charge in [0.15, 0.2) is 0 Å². The summed E-state index contributed by atoms with van der Waals surface area (Å²) in [6, 6.07) is 6.64. The maximum Gasteiger partial charge on any atom is 0.127 e. The molecule has 0 fully saturated rings. The third-order valence-corrected chi connectivity index (χ3v) is 1.50. The summed E-state index contributed by atoms with van der Waals surface area (Å²) in [5.74, 6) is 2.23. The quantitative estimate of drug-likeness (QED) is 0.526. The highest BCUT2D eigenvalue weighted by Gasteiger charge is 1.97. The first-order valence-corrected chi connectivity index (χ1v) is 3.72. The average molecular weight is 163 g/mol. The van der Waals surface area contributed by atoms with E-state index in [9.17, 15) is 4.39 Å². The summed E-state index contributed by atoms with van der Waals surface area (Å²) in [4.78, 5) is 0. The fourth-order valence-corrected chi connectivity index (χ4v) is 0.911. The van der Waals surface area contributed by atoms with Crippen molar-refractivity contribution in [2.24, 2.45) is 0 Å². The van der Waals surface area contributed by atoms with Crippen LogP contribution in [-0.4, -0.2) is 6.54 Å². The van der Waals surface area contributed by atoms with Crippen LogP contribution in [0.4, 0.5) is 4.39 Å². The van der Waals surface area contributed by atoms with Crippen LogP contribution in [0.1, 0.15) is 5.56 Å². The average Bonchev–Trinajstić information content (AvgIpc) is 2.09. The van der Waals surface area contributed by atoms with Gasteiger partial charge in [-0.15, -0.1) is 6.42 Å². The van der Waals surface area contributed by atoms with Crippen LogP contribution in [0.15, 0.2) is 24.3 Å². The molecule has 12 heavy (non-hydrogen) atoms. The van der Waals surface area contributed by atoms with Gasteiger partial charge in [0, 0.05) is 12.1 Å². The topological polar surface area (TPSA) is 12.0 Å². The lowest BCUT2D eigenvalue weighted by molar-refractivity contribution is 0.597. The molecule has 0 unspecified atom stereocenters. The molecular weight excluding hydrogens is 153 g/mol. The van der Waals surface area contributed by atoms with Crippen molar-refractivity contribution in [2.75, 3.05) is 6.54 Å². The summed E-state index contributed by atoms with van der Waals surface area (Å²) in [6.45, 7) is 0.950. The van der Waals surface area contributed by atoms with Crippen LogP contribution in [0.3, 0.4) is 0 Å². The van der Waals surface area contributed by atoms with Crippen LogP contribution in [0.25, 0.3) is 0 Å². The van der Waals surface area contributed by atoms with Gasteiger partial charge in [-0.05, 0) is 6.07 Å². The lowest BCUT2D eigenvalue weighted by Crippen LogP contribution is -2.13. The molecule has 0 radical (unpaired) electrons. The SMILES string of the molecule is C#CCNCc1ccccc1F. The van der Waals surface area contributed by atoms with E-state index in [1.165, 1.54) is 6.07 Å². The minimum absolute atomic E-state index is 0.193. The molecule has 0 aliphatic heterocycles. The van der Waals surface area contributed by atoms with Gasteiger partial charge < -0.3 is 5.32 Å². The van der Waals surface area contributed by atoms with Gasteiger partial charge in [0.2, 0.25) is 0 Å². The third-order valence-electron chi connectivity index (χ3n) is 1.50. The van der Waals surface area contributed by atoms with Gasteiger partial charge >= 0.3 is 0 Å². The van der Waals surface area contributed by atoms with Crippen LogP contribution >= 0.6 is 0 Å². The molecule has 1 aromatic rings. The molecule has 0 aliphatic carbocycles. The lowest BCUT2D eigenvalue weighted by Gasteiger charge is -2.01. The summed E-state index contributed by atoms with van der Waals surface area (Å²) in [5.41, 5.74) is 0.646. The minimum atomic E-state index is -0.193. The van der Waals surface area contributed by atoms with Gasteiger partial charge in [0.05, 0.1) is 6.54 Å². The second-order valence-electron chi connectivity index (χ2n) is 2.40. The zero-order valence-electron chi connectivity index (χ0n) is 6.68. The van der Waals surface area contributed by atoms with Crippen LogP contribution in [-0.2, 0) is 6.54 Å². The molecule has 0 saturated heterocycles. The molecule has 1 N–H and O–H groups in total. The number of terminal acetylenes is 1. The number of halogens is 1. The Morgan fingerprint density at radius 3 is 2.83 bits per heavy atom. The number of hydrogen-bond donors (Lipinski definition) is 1. The molecule has 0 heterocycles. The number of hydrogen-bond acceptors (Lipinski definition) is 1. The van der Waals surface area contributed by atoms with Crippen LogP contribution in [0, 0.1) is 18.2 Å². The molecule has 1 aromatic carbocycles. The van der Waals surface area contributed by atoms with Crippen LogP contribution in [0.5, 0.6) is 0 Å². The molecule has 0 aliphatic rings. The minimum Gasteiger partial charge on any atom is -0.302 e. The fourth-order valence-electron chi connectivity index (χ4n) is 0.911. The lowest BCUT2D eigenvalue weighted by atomic mass is 10.2. The van der Waals surface area contributed by atoms with Gasteiger partial charge in [0.25, 0.3) is 0 Å². The molecule has 1 rings (SSSR count). The highest BCUT2D eigenvalue weighted by molar-refractivity contribution is 5.17. The molecule has 2 heteroatoms. The second kappa shape index (κ2) is 4.53. The summed E-state index contributed by atoms with van der Waals surface area (Å²) >= 11 is 0. The summed E-state index contributed by atoms with van der Waals surface area (Å²) in [5, 5.41) is 2.92. The van der Waals surface area contributed by atoms with E-state index >= 15 is 0 Å². The normalized spacial score (nSPS) is 9.33. The Morgan fingerprint density at radius 1 is 1.42 bits per heavy atom. The summed E-state index contributed by atoms with van der Waals surface area (Å²) in [7, 11) is 0. The Bertz CT molecular complexity index is 288. The van der Waals surface area contributed by atoms with E-state index in [0.29, 0.717) is 18.7 Å². The van der Waals surface area contributed by atoms with Crippen molar-refractivity contribution < 1.29 is 4.39 Å². The monoisotopic (exact) mass is 163 g/mol. The first kappa shape index (κ1) is 8.76. The molecular formula is C10H10FN. The van der Waals surface area contributed by atoms with Gasteiger partial charge in [0.1, 0.15) is 5.82 Å². The molecule has 1 nitrogen and oxygen atoms in total. The van der Waals surface area contributed by atoms with E-state index in [0.717, 1.165) is 0 Å². The fraction of sp³-hybridized carbons (Fsp3) is 0.200. The highest BCUT2D eigenvalue weighted by Crippen LogP contribution is 2.04. The van der Waals surface area contributed by atoms with E-state index in [1.807, 2.05) is 0 Å². The van der Waals surface area contributed by atoms with Crippen molar-refractivity contribution in [1.82, 2.24) is 5.32 Å². The van der Waals surface area contributed by atoms with E-state index in [1.54, 1.807) is 18.2 Å². The molecule has 0 atom stereocenters. The van der Waals surface area contributed by atoms with Crippen molar-refractivity contribution in [3.05, 3.63) is 35.6 Å². The highest BCUT2D eigenvalue weighted by atomic mass is 19.1. The zero-order valence-corrected chi connectivity index (χ0v) is 6.68. The van der Waals surface area contributed by atoms with Gasteiger partial charge in [-0.2, -0.15) is 0 Å². The van der Waals surface area contributed by atoms with Crippen molar-refractivity contribution in [3.63, 3.8) is 0 Å². The van der Waals surface area contributed by atoms with Crippen LogP contribution < -0.4 is 5.32 Å². The Labute approximate surface area is 71.6 Å². The molecule has 0 spiro atoms. The molecule has 62 valence electrons. The number of nitrogens with one attached hydrogen (secondary N) is 1.